The predicted octanol–water partition coefficient (Wildman–Crippen LogP) is 5.16. The maximum absolute atomic E-state index is 12.6. The molecule has 4 rings (SSSR count). The average Bonchev–Trinajstić information content (AvgIpc) is 3.11. The first-order valence-electron chi connectivity index (χ1n) is 8.40. The minimum Gasteiger partial charge on any atom is -0.487 e. The van der Waals surface area contributed by atoms with Crippen LogP contribution in [0.5, 0.6) is 5.75 Å². The van der Waals surface area contributed by atoms with E-state index < -0.39 is 0 Å². The van der Waals surface area contributed by atoms with Crippen LogP contribution < -0.4 is 10.1 Å². The van der Waals surface area contributed by atoms with Gasteiger partial charge in [0, 0.05) is 33.3 Å². The van der Waals surface area contributed by atoms with Crippen molar-refractivity contribution in [3.63, 3.8) is 0 Å². The summed E-state index contributed by atoms with van der Waals surface area (Å²) in [7, 11) is 0. The van der Waals surface area contributed by atoms with Crippen LogP contribution in [0.25, 0.3) is 10.9 Å². The summed E-state index contributed by atoms with van der Waals surface area (Å²) in [6.07, 6.45) is 1.73. The van der Waals surface area contributed by atoms with Gasteiger partial charge >= 0.3 is 0 Å². The Morgan fingerprint density at radius 1 is 1.07 bits per heavy atom. The van der Waals surface area contributed by atoms with E-state index in [0.717, 1.165) is 21.1 Å². The molecule has 2 aromatic heterocycles. The molecule has 0 atom stereocenters. The summed E-state index contributed by atoms with van der Waals surface area (Å²) >= 11 is 3.43. The van der Waals surface area contributed by atoms with Crippen LogP contribution in [-0.4, -0.2) is 15.9 Å². The summed E-state index contributed by atoms with van der Waals surface area (Å²) in [4.78, 5) is 19.9. The second kappa shape index (κ2) is 7.63. The summed E-state index contributed by atoms with van der Waals surface area (Å²) in [5.74, 6) is 0.461. The quantitative estimate of drug-likeness (QED) is 0.467. The van der Waals surface area contributed by atoms with Crippen LogP contribution in [0.1, 0.15) is 16.2 Å². The van der Waals surface area contributed by atoms with Crippen molar-refractivity contribution in [2.24, 2.45) is 0 Å². The Hall–Kier alpha value is -3.12. The van der Waals surface area contributed by atoms with E-state index in [-0.39, 0.29) is 5.91 Å². The Balaban J connectivity index is 1.46. The van der Waals surface area contributed by atoms with Gasteiger partial charge in [0.1, 0.15) is 18.1 Å². The van der Waals surface area contributed by atoms with Crippen LogP contribution in [0.2, 0.25) is 0 Å². The van der Waals surface area contributed by atoms with E-state index in [0.29, 0.717) is 23.7 Å². The van der Waals surface area contributed by atoms with Gasteiger partial charge in [-0.15, -0.1) is 0 Å². The van der Waals surface area contributed by atoms with Gasteiger partial charge in [-0.1, -0.05) is 34.1 Å². The molecule has 1 amide bonds. The standard InChI is InChI=1S/C21H16BrN3O2/c22-15-8-7-14-10-20(25-19(14)11-15)21(26)24-16-5-3-6-18(12-16)27-13-17-4-1-2-9-23-17/h1-12,25H,13H2,(H,24,26). The topological polar surface area (TPSA) is 67.0 Å². The fraction of sp³-hybridized carbons (Fsp3) is 0.0476. The minimum atomic E-state index is -0.204. The number of amides is 1. The van der Waals surface area contributed by atoms with E-state index in [1.165, 1.54) is 0 Å². The number of anilines is 1. The molecular weight excluding hydrogens is 406 g/mol. The number of hydrogen-bond acceptors (Lipinski definition) is 3. The van der Waals surface area contributed by atoms with Crippen LogP contribution in [0.3, 0.4) is 0 Å². The molecule has 0 aliphatic rings. The number of aromatic amines is 1. The molecule has 0 aliphatic heterocycles. The number of carbonyl (C=O) groups excluding carboxylic acids is 1. The highest BCUT2D eigenvalue weighted by molar-refractivity contribution is 9.10. The zero-order chi connectivity index (χ0) is 18.6. The van der Waals surface area contributed by atoms with Crippen molar-refractivity contribution >= 4 is 38.4 Å². The van der Waals surface area contributed by atoms with Crippen molar-refractivity contribution in [1.82, 2.24) is 9.97 Å². The minimum absolute atomic E-state index is 0.204. The van der Waals surface area contributed by atoms with Crippen molar-refractivity contribution < 1.29 is 9.53 Å². The predicted molar refractivity (Wildman–Crippen MR) is 109 cm³/mol. The molecule has 0 aliphatic carbocycles. The zero-order valence-electron chi connectivity index (χ0n) is 14.3. The molecule has 0 unspecified atom stereocenters. The molecule has 0 radical (unpaired) electrons. The van der Waals surface area contributed by atoms with E-state index in [1.807, 2.05) is 60.7 Å². The number of rotatable bonds is 5. The van der Waals surface area contributed by atoms with E-state index in [2.05, 4.69) is 31.2 Å². The molecule has 27 heavy (non-hydrogen) atoms. The van der Waals surface area contributed by atoms with E-state index >= 15 is 0 Å². The molecule has 0 saturated carbocycles. The number of ether oxygens (including phenoxy) is 1. The molecule has 4 aromatic rings. The lowest BCUT2D eigenvalue weighted by Crippen LogP contribution is -2.12. The highest BCUT2D eigenvalue weighted by Crippen LogP contribution is 2.22. The van der Waals surface area contributed by atoms with Crippen LogP contribution in [0.15, 0.2) is 77.4 Å². The van der Waals surface area contributed by atoms with Crippen LogP contribution >= 0.6 is 15.9 Å². The molecule has 2 heterocycles. The monoisotopic (exact) mass is 421 g/mol. The number of benzene rings is 2. The largest absolute Gasteiger partial charge is 0.487 e. The lowest BCUT2D eigenvalue weighted by Gasteiger charge is -2.08. The SMILES string of the molecule is O=C(Nc1cccc(OCc2ccccn2)c1)c1cc2ccc(Br)cc2[nH]1. The molecule has 2 aromatic carbocycles. The second-order valence-corrected chi connectivity index (χ2v) is 6.92. The van der Waals surface area contributed by atoms with Gasteiger partial charge in [-0.05, 0) is 42.5 Å². The Bertz CT molecular complexity index is 1090. The van der Waals surface area contributed by atoms with Gasteiger partial charge in [0.2, 0.25) is 0 Å². The maximum Gasteiger partial charge on any atom is 0.272 e. The van der Waals surface area contributed by atoms with Gasteiger partial charge in [-0.2, -0.15) is 0 Å². The summed E-state index contributed by atoms with van der Waals surface area (Å²) in [6, 6.07) is 20.7. The zero-order valence-corrected chi connectivity index (χ0v) is 15.9. The molecular formula is C21H16BrN3O2. The van der Waals surface area contributed by atoms with Crippen LogP contribution in [-0.2, 0) is 6.61 Å². The van der Waals surface area contributed by atoms with Crippen LogP contribution in [0, 0.1) is 0 Å². The summed E-state index contributed by atoms with van der Waals surface area (Å²) in [6.45, 7) is 0.370. The van der Waals surface area contributed by atoms with Crippen LogP contribution in [0.4, 0.5) is 5.69 Å². The third-order valence-corrected chi connectivity index (χ3v) is 4.53. The first kappa shape index (κ1) is 17.3. The van der Waals surface area contributed by atoms with Crippen molar-refractivity contribution in [3.8, 4) is 5.75 Å². The first-order valence-corrected chi connectivity index (χ1v) is 9.19. The molecule has 0 bridgehead atoms. The number of fused-ring (bicyclic) bond motifs is 1. The highest BCUT2D eigenvalue weighted by Gasteiger charge is 2.10. The van der Waals surface area contributed by atoms with E-state index in [4.69, 9.17) is 4.74 Å². The molecule has 0 spiro atoms. The van der Waals surface area contributed by atoms with E-state index in [1.54, 1.807) is 12.3 Å². The number of nitrogens with one attached hydrogen (secondary N) is 2. The highest BCUT2D eigenvalue weighted by atomic mass is 79.9. The number of aromatic nitrogens is 2. The lowest BCUT2D eigenvalue weighted by atomic mass is 10.2. The van der Waals surface area contributed by atoms with Gasteiger partial charge in [-0.3, -0.25) is 9.78 Å². The fourth-order valence-electron chi connectivity index (χ4n) is 2.72. The third kappa shape index (κ3) is 4.17. The molecule has 0 fully saturated rings. The number of carbonyl (C=O) groups is 1. The number of halogens is 1. The van der Waals surface area contributed by atoms with Gasteiger partial charge in [0.25, 0.3) is 5.91 Å². The summed E-state index contributed by atoms with van der Waals surface area (Å²) < 4.78 is 6.71. The van der Waals surface area contributed by atoms with Gasteiger partial charge in [0.05, 0.1) is 5.69 Å². The summed E-state index contributed by atoms with van der Waals surface area (Å²) in [5.41, 5.74) is 2.92. The Morgan fingerprint density at radius 2 is 2.00 bits per heavy atom. The number of hydrogen-bond donors (Lipinski definition) is 2. The van der Waals surface area contributed by atoms with E-state index in [9.17, 15) is 4.79 Å². The normalized spacial score (nSPS) is 10.7. The van der Waals surface area contributed by atoms with Gasteiger partial charge in [0.15, 0.2) is 0 Å². The summed E-state index contributed by atoms with van der Waals surface area (Å²) in [5, 5.41) is 3.88. The molecule has 2 N–H and O–H groups in total. The first-order chi connectivity index (χ1) is 13.2. The van der Waals surface area contributed by atoms with Crippen molar-refractivity contribution in [1.29, 1.82) is 0 Å². The van der Waals surface area contributed by atoms with Crippen molar-refractivity contribution in [2.75, 3.05) is 5.32 Å². The third-order valence-electron chi connectivity index (χ3n) is 4.03. The molecule has 5 nitrogen and oxygen atoms in total. The van der Waals surface area contributed by atoms with Crippen molar-refractivity contribution in [2.45, 2.75) is 6.61 Å². The average molecular weight is 422 g/mol. The Morgan fingerprint density at radius 3 is 2.85 bits per heavy atom. The lowest BCUT2D eigenvalue weighted by molar-refractivity contribution is 0.102. The molecule has 6 heteroatoms. The maximum atomic E-state index is 12.6. The number of pyridine rings is 1. The fourth-order valence-corrected chi connectivity index (χ4v) is 3.09. The van der Waals surface area contributed by atoms with Crippen molar-refractivity contribution in [3.05, 3.63) is 88.8 Å². The Kier molecular flexibility index (Phi) is 4.89. The van der Waals surface area contributed by atoms with Gasteiger partial charge < -0.3 is 15.0 Å². The molecule has 134 valence electrons. The van der Waals surface area contributed by atoms with Gasteiger partial charge in [-0.25, -0.2) is 0 Å². The number of nitrogens with zero attached hydrogens (tertiary/aromatic N) is 1. The Labute approximate surface area is 164 Å². The second-order valence-electron chi connectivity index (χ2n) is 6.01. The molecule has 0 saturated heterocycles. The smallest absolute Gasteiger partial charge is 0.272 e. The number of H-pyrrole nitrogens is 1.